The first-order chi connectivity index (χ1) is 14.3. The molecule has 1 heterocycles. The van der Waals surface area contributed by atoms with Gasteiger partial charge in [0.2, 0.25) is 5.75 Å². The van der Waals surface area contributed by atoms with E-state index >= 15 is 0 Å². The number of hydrogen-bond acceptors (Lipinski definition) is 8. The molecule has 0 bridgehead atoms. The van der Waals surface area contributed by atoms with Gasteiger partial charge in [-0.2, -0.15) is 4.37 Å². The molecule has 0 saturated carbocycles. The highest BCUT2D eigenvalue weighted by atomic mass is 32.1. The van der Waals surface area contributed by atoms with Crippen LogP contribution in [0.25, 0.3) is 21.6 Å². The van der Waals surface area contributed by atoms with Gasteiger partial charge >= 0.3 is 7.82 Å². The molecule has 0 unspecified atom stereocenters. The van der Waals surface area contributed by atoms with Crippen LogP contribution in [-0.2, 0) is 4.57 Å². The van der Waals surface area contributed by atoms with Crippen molar-refractivity contribution >= 4 is 19.4 Å². The molecule has 0 aliphatic carbocycles. The van der Waals surface area contributed by atoms with Crippen molar-refractivity contribution in [2.24, 2.45) is 0 Å². The third-order valence-electron chi connectivity index (χ3n) is 4.19. The second-order valence-electron chi connectivity index (χ2n) is 5.93. The summed E-state index contributed by atoms with van der Waals surface area (Å²) in [6.07, 6.45) is 1.66. The first-order valence-electron chi connectivity index (χ1n) is 8.50. The minimum atomic E-state index is -4.76. The van der Waals surface area contributed by atoms with Crippen LogP contribution in [0.15, 0.2) is 36.5 Å². The molecule has 0 aliphatic heterocycles. The number of hydrogen-bond donors (Lipinski definition) is 2. The van der Waals surface area contributed by atoms with E-state index in [-0.39, 0.29) is 11.5 Å². The van der Waals surface area contributed by atoms with Crippen LogP contribution in [0.1, 0.15) is 0 Å². The molecule has 11 heteroatoms. The van der Waals surface area contributed by atoms with E-state index in [0.717, 1.165) is 16.0 Å². The second-order valence-corrected chi connectivity index (χ2v) is 7.90. The number of nitrogens with zero attached hydrogens (tertiary/aromatic N) is 1. The van der Waals surface area contributed by atoms with Crippen molar-refractivity contribution in [2.45, 2.75) is 0 Å². The Bertz CT molecular complexity index is 1070. The molecule has 0 radical (unpaired) electrons. The SMILES string of the molecule is COc1ccc(-c2cnsc2-c2cc(OC)c(OC)c(OC)c2)cc1OP(=O)(O)O. The Kier molecular flexibility index (Phi) is 6.52. The fraction of sp³-hybridized carbons (Fsp3) is 0.211. The van der Waals surface area contributed by atoms with Gasteiger partial charge in [-0.3, -0.25) is 9.79 Å². The van der Waals surface area contributed by atoms with E-state index < -0.39 is 7.82 Å². The van der Waals surface area contributed by atoms with Crippen LogP contribution in [0, 0.1) is 0 Å². The largest absolute Gasteiger partial charge is 0.524 e. The summed E-state index contributed by atoms with van der Waals surface area (Å²) in [6, 6.07) is 8.40. The molecule has 3 rings (SSSR count). The second kappa shape index (κ2) is 8.93. The van der Waals surface area contributed by atoms with E-state index in [9.17, 15) is 14.4 Å². The Morgan fingerprint density at radius 1 is 0.833 bits per heavy atom. The third kappa shape index (κ3) is 4.52. The Balaban J connectivity index is 2.13. The molecular weight excluding hydrogens is 433 g/mol. The number of phosphoric acid groups is 1. The Morgan fingerprint density at radius 3 is 1.97 bits per heavy atom. The molecule has 0 amide bonds. The zero-order valence-corrected chi connectivity index (χ0v) is 18.3. The molecule has 0 spiro atoms. The summed E-state index contributed by atoms with van der Waals surface area (Å²) in [6.45, 7) is 0. The molecular formula is C19H20NO8PS. The van der Waals surface area contributed by atoms with E-state index in [2.05, 4.69) is 4.37 Å². The smallest absolute Gasteiger partial charge is 0.493 e. The van der Waals surface area contributed by atoms with Gasteiger partial charge in [-0.25, -0.2) is 4.57 Å². The Morgan fingerprint density at radius 2 is 1.43 bits per heavy atom. The molecule has 0 atom stereocenters. The maximum absolute atomic E-state index is 11.3. The van der Waals surface area contributed by atoms with Crippen molar-refractivity contribution in [3.8, 4) is 50.3 Å². The lowest BCUT2D eigenvalue weighted by atomic mass is 10.0. The van der Waals surface area contributed by atoms with Crippen LogP contribution in [0.2, 0.25) is 0 Å². The molecule has 3 aromatic rings. The number of phosphoric ester groups is 1. The van der Waals surface area contributed by atoms with Gasteiger partial charge in [0.15, 0.2) is 23.0 Å². The maximum atomic E-state index is 11.3. The number of benzene rings is 2. The highest BCUT2D eigenvalue weighted by Crippen LogP contribution is 2.47. The highest BCUT2D eigenvalue weighted by Gasteiger charge is 2.22. The standard InChI is InChI=1S/C19H20NO8PS/c1-24-14-6-5-11(7-15(14)28-29(21,22)23)13-10-20-30-19(13)12-8-16(25-2)18(27-4)17(9-12)26-3/h5-10H,1-4H3,(H2,21,22,23). The first-order valence-corrected chi connectivity index (χ1v) is 10.8. The van der Waals surface area contributed by atoms with E-state index in [0.29, 0.717) is 22.8 Å². The highest BCUT2D eigenvalue weighted by molar-refractivity contribution is 7.46. The lowest BCUT2D eigenvalue weighted by Gasteiger charge is -2.15. The van der Waals surface area contributed by atoms with E-state index in [1.54, 1.807) is 30.5 Å². The minimum absolute atomic E-state index is 0.0784. The van der Waals surface area contributed by atoms with Gasteiger partial charge in [0.05, 0.1) is 33.3 Å². The maximum Gasteiger partial charge on any atom is 0.524 e. The van der Waals surface area contributed by atoms with Crippen LogP contribution in [0.4, 0.5) is 0 Å². The summed E-state index contributed by atoms with van der Waals surface area (Å²) in [5.74, 6) is 1.57. The van der Waals surface area contributed by atoms with E-state index in [1.807, 2.05) is 0 Å². The van der Waals surface area contributed by atoms with Crippen molar-refractivity contribution < 1.29 is 37.8 Å². The molecule has 0 saturated heterocycles. The van der Waals surface area contributed by atoms with Crippen LogP contribution < -0.4 is 23.5 Å². The minimum Gasteiger partial charge on any atom is -0.493 e. The number of methoxy groups -OCH3 is 4. The zero-order valence-electron chi connectivity index (χ0n) is 16.6. The van der Waals surface area contributed by atoms with E-state index in [1.165, 1.54) is 46.0 Å². The van der Waals surface area contributed by atoms with Crippen LogP contribution in [-0.4, -0.2) is 42.6 Å². The average molecular weight is 453 g/mol. The number of rotatable bonds is 8. The summed E-state index contributed by atoms with van der Waals surface area (Å²) in [5, 5.41) is 0. The summed E-state index contributed by atoms with van der Waals surface area (Å²) >= 11 is 1.25. The molecule has 30 heavy (non-hydrogen) atoms. The van der Waals surface area contributed by atoms with Crippen molar-refractivity contribution in [3.63, 3.8) is 0 Å². The summed E-state index contributed by atoms with van der Waals surface area (Å²) < 4.78 is 41.7. The zero-order chi connectivity index (χ0) is 21.9. The fourth-order valence-electron chi connectivity index (χ4n) is 2.91. The molecule has 0 fully saturated rings. The Hall–Kier alpha value is -2.78. The number of ether oxygens (including phenoxy) is 4. The lowest BCUT2D eigenvalue weighted by Crippen LogP contribution is -1.96. The third-order valence-corrected chi connectivity index (χ3v) is 5.47. The van der Waals surface area contributed by atoms with Gasteiger partial charge in [0.1, 0.15) is 0 Å². The molecule has 2 N–H and O–H groups in total. The lowest BCUT2D eigenvalue weighted by molar-refractivity contribution is 0.276. The van der Waals surface area contributed by atoms with Crippen molar-refractivity contribution in [1.29, 1.82) is 0 Å². The van der Waals surface area contributed by atoms with Gasteiger partial charge in [-0.1, -0.05) is 6.07 Å². The quantitative estimate of drug-likeness (QED) is 0.489. The van der Waals surface area contributed by atoms with Gasteiger partial charge in [-0.05, 0) is 41.4 Å². The van der Waals surface area contributed by atoms with Crippen molar-refractivity contribution in [3.05, 3.63) is 36.5 Å². The predicted molar refractivity (Wildman–Crippen MR) is 112 cm³/mol. The van der Waals surface area contributed by atoms with Gasteiger partial charge in [0.25, 0.3) is 0 Å². The van der Waals surface area contributed by atoms with Crippen LogP contribution in [0.5, 0.6) is 28.7 Å². The topological polar surface area (TPSA) is 117 Å². The summed E-state index contributed by atoms with van der Waals surface area (Å²) in [4.78, 5) is 19.2. The van der Waals surface area contributed by atoms with Crippen molar-refractivity contribution in [2.75, 3.05) is 28.4 Å². The number of aromatic nitrogens is 1. The monoisotopic (exact) mass is 453 g/mol. The summed E-state index contributed by atoms with van der Waals surface area (Å²) in [7, 11) is 1.21. The van der Waals surface area contributed by atoms with Gasteiger partial charge < -0.3 is 23.5 Å². The predicted octanol–water partition coefficient (Wildman–Crippen LogP) is 3.98. The van der Waals surface area contributed by atoms with Gasteiger partial charge in [-0.15, -0.1) is 0 Å². The Labute approximate surface area is 177 Å². The summed E-state index contributed by atoms with van der Waals surface area (Å²) in [5.41, 5.74) is 2.14. The molecule has 9 nitrogen and oxygen atoms in total. The molecule has 1 aromatic heterocycles. The normalized spacial score (nSPS) is 11.1. The van der Waals surface area contributed by atoms with Crippen molar-refractivity contribution in [1.82, 2.24) is 4.37 Å². The van der Waals surface area contributed by atoms with E-state index in [4.69, 9.17) is 23.5 Å². The van der Waals surface area contributed by atoms with Gasteiger partial charge in [0, 0.05) is 17.3 Å². The molecule has 0 aliphatic rings. The van der Waals surface area contributed by atoms with Crippen LogP contribution >= 0.6 is 19.4 Å². The molecule has 160 valence electrons. The first kappa shape index (κ1) is 21.9. The van der Waals surface area contributed by atoms with Crippen LogP contribution in [0.3, 0.4) is 0 Å². The molecule has 2 aromatic carbocycles. The fourth-order valence-corrected chi connectivity index (χ4v) is 4.06. The average Bonchev–Trinajstić information content (AvgIpc) is 3.21.